The van der Waals surface area contributed by atoms with Gasteiger partial charge in [0.1, 0.15) is 18.2 Å². The summed E-state index contributed by atoms with van der Waals surface area (Å²) in [6, 6.07) is 10.9. The van der Waals surface area contributed by atoms with E-state index in [9.17, 15) is 4.39 Å². The number of hydrogen-bond acceptors (Lipinski definition) is 4. The van der Waals surface area contributed by atoms with Gasteiger partial charge in [0.15, 0.2) is 0 Å². The Labute approximate surface area is 199 Å². The van der Waals surface area contributed by atoms with E-state index in [0.29, 0.717) is 18.1 Å². The third kappa shape index (κ3) is 5.68. The summed E-state index contributed by atoms with van der Waals surface area (Å²) in [5.41, 5.74) is 3.08. The molecule has 0 atom stereocenters. The van der Waals surface area contributed by atoms with Gasteiger partial charge < -0.3 is 14.0 Å². The number of hydrogen-bond donors (Lipinski definition) is 0. The molecule has 0 bridgehead atoms. The average molecular weight is 473 g/mol. The number of halogens is 2. The average Bonchev–Trinajstić information content (AvgIpc) is 3.13. The molecule has 0 radical (unpaired) electrons. The minimum Gasteiger partial charge on any atom is -0.490 e. The van der Waals surface area contributed by atoms with Crippen LogP contribution in [0.1, 0.15) is 37.7 Å². The molecule has 0 spiro atoms. The predicted octanol–water partition coefficient (Wildman–Crippen LogP) is 5.99. The standard InChI is InChI=1S/C24H26ClFN2O.C2H4O2/c25-22-14-21(28-9-8-18-12-20(26)6-7-23(18)28)13-19-16-27(10-11-29-24(19)22)15-17-4-2-1-3-5-17;1-4-2-3/h6-9,12-14,17H,1-5,10-11,15-16H2;2H,1H3. The van der Waals surface area contributed by atoms with Crippen LogP contribution < -0.4 is 4.74 Å². The van der Waals surface area contributed by atoms with Crippen molar-refractivity contribution in [3.05, 3.63) is 59.0 Å². The van der Waals surface area contributed by atoms with Crippen molar-refractivity contribution in [1.82, 2.24) is 9.47 Å². The fourth-order valence-electron chi connectivity index (χ4n) is 4.88. The quantitative estimate of drug-likeness (QED) is 0.438. The Morgan fingerprint density at radius 3 is 2.73 bits per heavy atom. The molecule has 0 amide bonds. The number of rotatable bonds is 4. The molecule has 1 fully saturated rings. The Morgan fingerprint density at radius 1 is 1.18 bits per heavy atom. The lowest BCUT2D eigenvalue weighted by Gasteiger charge is -2.28. The van der Waals surface area contributed by atoms with E-state index in [2.05, 4.69) is 20.3 Å². The summed E-state index contributed by atoms with van der Waals surface area (Å²) in [6.45, 7) is 3.97. The molecule has 176 valence electrons. The second kappa shape index (κ2) is 11.0. The van der Waals surface area contributed by atoms with Crippen molar-refractivity contribution in [2.24, 2.45) is 5.92 Å². The minimum atomic E-state index is -0.220. The van der Waals surface area contributed by atoms with Crippen LogP contribution in [0.2, 0.25) is 5.02 Å². The van der Waals surface area contributed by atoms with Crippen LogP contribution in [0.15, 0.2) is 42.6 Å². The highest BCUT2D eigenvalue weighted by atomic mass is 35.5. The lowest BCUT2D eigenvalue weighted by molar-refractivity contribution is -0.126. The molecule has 33 heavy (non-hydrogen) atoms. The van der Waals surface area contributed by atoms with Crippen LogP contribution in [-0.2, 0) is 16.1 Å². The first kappa shape index (κ1) is 23.6. The highest BCUT2D eigenvalue weighted by molar-refractivity contribution is 6.32. The molecule has 1 aliphatic carbocycles. The van der Waals surface area contributed by atoms with Crippen molar-refractivity contribution in [3.8, 4) is 11.4 Å². The van der Waals surface area contributed by atoms with Crippen LogP contribution >= 0.6 is 11.6 Å². The number of carbonyl (C=O) groups excluding carboxylic acids is 1. The van der Waals surface area contributed by atoms with Crippen LogP contribution in [0.25, 0.3) is 16.6 Å². The fourth-order valence-corrected chi connectivity index (χ4v) is 5.17. The maximum atomic E-state index is 13.6. The van der Waals surface area contributed by atoms with Crippen molar-refractivity contribution >= 4 is 29.0 Å². The molecule has 2 aromatic carbocycles. The van der Waals surface area contributed by atoms with Crippen molar-refractivity contribution in [1.29, 1.82) is 0 Å². The van der Waals surface area contributed by atoms with Gasteiger partial charge in [0.25, 0.3) is 6.47 Å². The van der Waals surface area contributed by atoms with Crippen LogP contribution in [0, 0.1) is 11.7 Å². The third-order valence-corrected chi connectivity index (χ3v) is 6.70. The molecule has 1 aromatic heterocycles. The maximum Gasteiger partial charge on any atom is 0.292 e. The molecule has 0 N–H and O–H groups in total. The highest BCUT2D eigenvalue weighted by Gasteiger charge is 2.23. The summed E-state index contributed by atoms with van der Waals surface area (Å²) >= 11 is 6.64. The molecular weight excluding hydrogens is 443 g/mol. The molecule has 0 unspecified atom stereocenters. The topological polar surface area (TPSA) is 43.7 Å². The SMILES string of the molecule is COC=O.Fc1ccc2c(ccn2-c2cc(Cl)c3c(c2)CN(CC2CCCCC2)CCO3)c1. The summed E-state index contributed by atoms with van der Waals surface area (Å²) in [6.07, 6.45) is 8.77. The van der Waals surface area contributed by atoms with Gasteiger partial charge in [-0.25, -0.2) is 4.39 Å². The van der Waals surface area contributed by atoms with Gasteiger partial charge in [-0.1, -0.05) is 30.9 Å². The highest BCUT2D eigenvalue weighted by Crippen LogP contribution is 2.36. The fraction of sp³-hybridized carbons (Fsp3) is 0.423. The smallest absolute Gasteiger partial charge is 0.292 e. The molecule has 3 aromatic rings. The second-order valence-corrected chi connectivity index (χ2v) is 9.13. The molecule has 1 aliphatic heterocycles. The second-order valence-electron chi connectivity index (χ2n) is 8.72. The van der Waals surface area contributed by atoms with Crippen molar-refractivity contribution in [2.45, 2.75) is 38.6 Å². The van der Waals surface area contributed by atoms with Gasteiger partial charge in [-0.05, 0) is 55.2 Å². The van der Waals surface area contributed by atoms with Gasteiger partial charge in [-0.15, -0.1) is 0 Å². The monoisotopic (exact) mass is 472 g/mol. The van der Waals surface area contributed by atoms with Crippen LogP contribution in [0.3, 0.4) is 0 Å². The van der Waals surface area contributed by atoms with E-state index >= 15 is 0 Å². The van der Waals surface area contributed by atoms with Gasteiger partial charge in [0.05, 0.1) is 17.6 Å². The van der Waals surface area contributed by atoms with E-state index in [-0.39, 0.29) is 5.82 Å². The van der Waals surface area contributed by atoms with Gasteiger partial charge >= 0.3 is 0 Å². The van der Waals surface area contributed by atoms with Crippen LogP contribution in [0.5, 0.6) is 5.75 Å². The first-order chi connectivity index (χ1) is 16.1. The normalized spacial score (nSPS) is 16.8. The molecule has 7 heteroatoms. The lowest BCUT2D eigenvalue weighted by Crippen LogP contribution is -2.32. The van der Waals surface area contributed by atoms with Gasteiger partial charge in [-0.2, -0.15) is 0 Å². The lowest BCUT2D eigenvalue weighted by atomic mass is 9.89. The molecule has 2 heterocycles. The van der Waals surface area contributed by atoms with E-state index in [1.807, 2.05) is 24.4 Å². The van der Waals surface area contributed by atoms with Gasteiger partial charge in [0, 0.05) is 42.5 Å². The molecule has 1 saturated carbocycles. The Morgan fingerprint density at radius 2 is 1.97 bits per heavy atom. The van der Waals surface area contributed by atoms with Gasteiger partial charge in [-0.3, -0.25) is 9.69 Å². The summed E-state index contributed by atoms with van der Waals surface area (Å²) < 4.78 is 25.5. The zero-order chi connectivity index (χ0) is 23.2. The Balaban J connectivity index is 0.000000601. The number of benzene rings is 2. The minimum absolute atomic E-state index is 0.220. The Hall–Kier alpha value is -2.57. The molecule has 0 saturated heterocycles. The number of methoxy groups -OCH3 is 1. The number of aromatic nitrogens is 1. The number of fused-ring (bicyclic) bond motifs is 2. The predicted molar refractivity (Wildman–Crippen MR) is 129 cm³/mol. The van der Waals surface area contributed by atoms with E-state index < -0.39 is 0 Å². The van der Waals surface area contributed by atoms with Crippen molar-refractivity contribution in [2.75, 3.05) is 26.8 Å². The van der Waals surface area contributed by atoms with E-state index in [1.54, 1.807) is 6.07 Å². The van der Waals surface area contributed by atoms with Gasteiger partial charge in [0.2, 0.25) is 0 Å². The molecule has 5 rings (SSSR count). The van der Waals surface area contributed by atoms with E-state index in [0.717, 1.165) is 53.5 Å². The molecular formula is C26H30ClFN2O3. The van der Waals surface area contributed by atoms with Crippen molar-refractivity contribution in [3.63, 3.8) is 0 Å². The van der Waals surface area contributed by atoms with E-state index in [4.69, 9.17) is 21.1 Å². The zero-order valence-corrected chi connectivity index (χ0v) is 19.7. The first-order valence-electron chi connectivity index (χ1n) is 11.5. The largest absolute Gasteiger partial charge is 0.490 e. The maximum absolute atomic E-state index is 13.6. The number of nitrogens with zero attached hydrogens (tertiary/aromatic N) is 2. The molecule has 2 aliphatic rings. The Bertz CT molecular complexity index is 1090. The summed E-state index contributed by atoms with van der Waals surface area (Å²) in [5, 5.41) is 1.52. The first-order valence-corrected chi connectivity index (χ1v) is 11.9. The third-order valence-electron chi connectivity index (χ3n) is 6.42. The zero-order valence-electron chi connectivity index (χ0n) is 18.9. The number of ether oxygens (including phenoxy) is 2. The van der Waals surface area contributed by atoms with Crippen LogP contribution in [-0.4, -0.2) is 42.7 Å². The van der Waals surface area contributed by atoms with Crippen LogP contribution in [0.4, 0.5) is 4.39 Å². The van der Waals surface area contributed by atoms with Crippen molar-refractivity contribution < 1.29 is 18.7 Å². The van der Waals surface area contributed by atoms with E-state index in [1.165, 1.54) is 45.3 Å². The number of carbonyl (C=O) groups is 1. The summed E-state index contributed by atoms with van der Waals surface area (Å²) in [7, 11) is 1.31. The Kier molecular flexibility index (Phi) is 7.89. The summed E-state index contributed by atoms with van der Waals surface area (Å²) in [5.74, 6) is 1.39. The summed E-state index contributed by atoms with van der Waals surface area (Å²) in [4.78, 5) is 11.5. The molecule has 5 nitrogen and oxygen atoms in total.